The Labute approximate surface area is 168 Å². The molecule has 28 heavy (non-hydrogen) atoms. The number of furan rings is 1. The molecule has 0 radical (unpaired) electrons. The molecule has 0 aliphatic rings. The molecule has 6 nitrogen and oxygen atoms in total. The summed E-state index contributed by atoms with van der Waals surface area (Å²) < 4.78 is 11.5. The van der Waals surface area contributed by atoms with Crippen molar-refractivity contribution in [3.8, 4) is 11.5 Å². The molecule has 4 aromatic rings. The van der Waals surface area contributed by atoms with Gasteiger partial charge in [0.25, 0.3) is 0 Å². The van der Waals surface area contributed by atoms with Gasteiger partial charge >= 0.3 is 5.91 Å². The van der Waals surface area contributed by atoms with Gasteiger partial charge in [0.05, 0.1) is 13.3 Å². The highest BCUT2D eigenvalue weighted by atomic mass is 79.9. The van der Waals surface area contributed by atoms with Gasteiger partial charge in [-0.1, -0.05) is 46.3 Å². The molecule has 0 aliphatic heterocycles. The number of nitrogens with zero attached hydrogens (tertiary/aromatic N) is 1. The fourth-order valence-electron chi connectivity index (χ4n) is 2.97. The summed E-state index contributed by atoms with van der Waals surface area (Å²) in [4.78, 5) is 12.4. The van der Waals surface area contributed by atoms with Crippen LogP contribution in [0.25, 0.3) is 21.7 Å². The minimum absolute atomic E-state index is 0.0705. The van der Waals surface area contributed by atoms with E-state index in [1.165, 1.54) is 13.3 Å². The molecule has 0 spiro atoms. The Balaban J connectivity index is 1.58. The maximum absolute atomic E-state index is 12.4. The number of carbonyl (C=O) groups excluding carboxylic acids is 1. The van der Waals surface area contributed by atoms with Crippen molar-refractivity contribution in [3.63, 3.8) is 0 Å². The monoisotopic (exact) mass is 438 g/mol. The largest absolute Gasteiger partial charge is 0.504 e. The number of nitrogens with one attached hydrogen (secondary N) is 1. The zero-order valence-electron chi connectivity index (χ0n) is 14.8. The molecular formula is C21H15BrN2O4. The average Bonchev–Trinajstić information content (AvgIpc) is 3.15. The number of hydrazone groups is 1. The number of phenols is 1. The van der Waals surface area contributed by atoms with Crippen LogP contribution in [0.5, 0.6) is 11.5 Å². The molecule has 1 aromatic heterocycles. The summed E-state index contributed by atoms with van der Waals surface area (Å²) in [6, 6.07) is 16.7. The van der Waals surface area contributed by atoms with Crippen LogP contribution in [0.4, 0.5) is 0 Å². The molecule has 1 amide bonds. The van der Waals surface area contributed by atoms with Crippen molar-refractivity contribution in [1.29, 1.82) is 0 Å². The molecule has 0 saturated carbocycles. The lowest BCUT2D eigenvalue weighted by molar-refractivity contribution is 0.0929. The molecule has 0 bridgehead atoms. The standard InChI is InChI=1S/C21H15BrN2O4/c1-27-18-9-14(22)8-13(20(18)25)11-23-24-21(26)19-10-16-15-5-3-2-4-12(15)6-7-17(16)28-19/h2-11,25H,1H3,(H,24,26)/b23-11-. The van der Waals surface area contributed by atoms with Crippen LogP contribution >= 0.6 is 15.9 Å². The summed E-state index contributed by atoms with van der Waals surface area (Å²) in [7, 11) is 1.45. The minimum atomic E-state index is -0.488. The fourth-order valence-corrected chi connectivity index (χ4v) is 3.42. The third-order valence-electron chi connectivity index (χ3n) is 4.31. The highest BCUT2D eigenvalue weighted by molar-refractivity contribution is 9.10. The second-order valence-electron chi connectivity index (χ2n) is 6.05. The number of hydrogen-bond donors (Lipinski definition) is 2. The average molecular weight is 439 g/mol. The van der Waals surface area contributed by atoms with Gasteiger partial charge in [0, 0.05) is 15.4 Å². The van der Waals surface area contributed by atoms with E-state index in [2.05, 4.69) is 26.5 Å². The summed E-state index contributed by atoms with van der Waals surface area (Å²) in [6.07, 6.45) is 1.33. The van der Waals surface area contributed by atoms with Gasteiger partial charge in [0.2, 0.25) is 0 Å². The topological polar surface area (TPSA) is 84.1 Å². The molecule has 3 aromatic carbocycles. The zero-order chi connectivity index (χ0) is 19.7. The predicted molar refractivity (Wildman–Crippen MR) is 111 cm³/mol. The molecular weight excluding hydrogens is 424 g/mol. The van der Waals surface area contributed by atoms with Crippen LogP contribution in [0.2, 0.25) is 0 Å². The van der Waals surface area contributed by atoms with Crippen molar-refractivity contribution in [2.45, 2.75) is 0 Å². The smallest absolute Gasteiger partial charge is 0.307 e. The first kappa shape index (κ1) is 18.1. The lowest BCUT2D eigenvalue weighted by Gasteiger charge is -2.06. The van der Waals surface area contributed by atoms with Crippen LogP contribution in [-0.4, -0.2) is 24.3 Å². The van der Waals surface area contributed by atoms with E-state index in [0.717, 1.165) is 16.2 Å². The van der Waals surface area contributed by atoms with Crippen LogP contribution in [0.1, 0.15) is 16.1 Å². The van der Waals surface area contributed by atoms with E-state index in [4.69, 9.17) is 9.15 Å². The SMILES string of the molecule is COc1cc(Br)cc(/C=N\NC(=O)c2cc3c(ccc4ccccc43)o2)c1O. The molecule has 2 N–H and O–H groups in total. The molecule has 0 fully saturated rings. The highest BCUT2D eigenvalue weighted by Gasteiger charge is 2.14. The van der Waals surface area contributed by atoms with Crippen LogP contribution in [-0.2, 0) is 0 Å². The number of methoxy groups -OCH3 is 1. The van der Waals surface area contributed by atoms with Crippen molar-refractivity contribution in [2.24, 2.45) is 5.10 Å². The summed E-state index contributed by atoms with van der Waals surface area (Å²) in [5.74, 6) is -0.109. The number of carbonyl (C=O) groups is 1. The maximum atomic E-state index is 12.4. The Morgan fingerprint density at radius 1 is 1.18 bits per heavy atom. The van der Waals surface area contributed by atoms with Gasteiger partial charge in [-0.05, 0) is 35.0 Å². The van der Waals surface area contributed by atoms with Crippen molar-refractivity contribution >= 4 is 49.8 Å². The third kappa shape index (κ3) is 3.32. The minimum Gasteiger partial charge on any atom is -0.504 e. The van der Waals surface area contributed by atoms with Crippen LogP contribution in [0.15, 0.2) is 68.6 Å². The Bertz CT molecular complexity index is 1230. The van der Waals surface area contributed by atoms with Crippen molar-refractivity contribution in [1.82, 2.24) is 5.43 Å². The van der Waals surface area contributed by atoms with Crippen molar-refractivity contribution in [2.75, 3.05) is 7.11 Å². The van der Waals surface area contributed by atoms with Gasteiger partial charge in [-0.2, -0.15) is 5.10 Å². The van der Waals surface area contributed by atoms with Crippen molar-refractivity contribution in [3.05, 3.63) is 70.4 Å². The highest BCUT2D eigenvalue weighted by Crippen LogP contribution is 2.32. The molecule has 1 heterocycles. The van der Waals surface area contributed by atoms with Gasteiger partial charge in [0.15, 0.2) is 17.3 Å². The number of halogens is 1. The molecule has 4 rings (SSSR count). The van der Waals surface area contributed by atoms with Gasteiger partial charge < -0.3 is 14.3 Å². The molecule has 0 aliphatic carbocycles. The number of benzene rings is 3. The number of phenolic OH excluding ortho intramolecular Hbond substituents is 1. The second-order valence-corrected chi connectivity index (χ2v) is 6.97. The number of ether oxygens (including phenoxy) is 1. The van der Waals surface area contributed by atoms with Gasteiger partial charge in [-0.25, -0.2) is 5.43 Å². The number of rotatable bonds is 4. The normalized spacial score (nSPS) is 11.4. The van der Waals surface area contributed by atoms with E-state index in [0.29, 0.717) is 21.4 Å². The Kier molecular flexibility index (Phi) is 4.75. The number of hydrogen-bond acceptors (Lipinski definition) is 5. The van der Waals surface area contributed by atoms with E-state index in [1.807, 2.05) is 36.4 Å². The Hall–Kier alpha value is -3.32. The summed E-state index contributed by atoms with van der Waals surface area (Å²) in [6.45, 7) is 0. The number of aromatic hydroxyl groups is 1. The van der Waals surface area contributed by atoms with Gasteiger partial charge in [-0.3, -0.25) is 4.79 Å². The lowest BCUT2D eigenvalue weighted by atomic mass is 10.1. The lowest BCUT2D eigenvalue weighted by Crippen LogP contribution is -2.16. The van der Waals surface area contributed by atoms with Gasteiger partial charge in [0.1, 0.15) is 5.58 Å². The Morgan fingerprint density at radius 3 is 2.82 bits per heavy atom. The molecule has 0 atom stereocenters. The first-order valence-electron chi connectivity index (χ1n) is 8.38. The van der Waals surface area contributed by atoms with Crippen LogP contribution in [0.3, 0.4) is 0 Å². The first-order valence-corrected chi connectivity index (χ1v) is 9.17. The molecule has 140 valence electrons. The van der Waals surface area contributed by atoms with E-state index < -0.39 is 5.91 Å². The number of fused-ring (bicyclic) bond motifs is 3. The maximum Gasteiger partial charge on any atom is 0.307 e. The van der Waals surface area contributed by atoms with Crippen LogP contribution < -0.4 is 10.2 Å². The summed E-state index contributed by atoms with van der Waals surface area (Å²) in [5.41, 5.74) is 3.43. The fraction of sp³-hybridized carbons (Fsp3) is 0.0476. The van der Waals surface area contributed by atoms with Crippen LogP contribution in [0, 0.1) is 0 Å². The second kappa shape index (κ2) is 7.36. The summed E-state index contributed by atoms with van der Waals surface area (Å²) >= 11 is 3.33. The Morgan fingerprint density at radius 2 is 2.00 bits per heavy atom. The molecule has 7 heteroatoms. The van der Waals surface area contributed by atoms with E-state index in [-0.39, 0.29) is 11.5 Å². The van der Waals surface area contributed by atoms with E-state index in [9.17, 15) is 9.90 Å². The summed E-state index contributed by atoms with van der Waals surface area (Å²) in [5, 5.41) is 17.0. The van der Waals surface area contributed by atoms with Gasteiger partial charge in [-0.15, -0.1) is 0 Å². The number of amides is 1. The quantitative estimate of drug-likeness (QED) is 0.353. The zero-order valence-corrected chi connectivity index (χ0v) is 16.4. The molecule has 0 unspecified atom stereocenters. The van der Waals surface area contributed by atoms with E-state index >= 15 is 0 Å². The first-order chi connectivity index (χ1) is 13.6. The molecule has 0 saturated heterocycles. The third-order valence-corrected chi connectivity index (χ3v) is 4.77. The predicted octanol–water partition coefficient (Wildman–Crippen LogP) is 4.83. The van der Waals surface area contributed by atoms with Crippen molar-refractivity contribution < 1.29 is 19.1 Å². The van der Waals surface area contributed by atoms with E-state index in [1.54, 1.807) is 18.2 Å².